The van der Waals surface area contributed by atoms with E-state index in [1.54, 1.807) is 4.90 Å². The van der Waals surface area contributed by atoms with Gasteiger partial charge in [-0.15, -0.1) is 11.8 Å². The van der Waals surface area contributed by atoms with E-state index in [0.29, 0.717) is 18.2 Å². The summed E-state index contributed by atoms with van der Waals surface area (Å²) in [4.78, 5) is 33.8. The first kappa shape index (κ1) is 19.0. The van der Waals surface area contributed by atoms with Gasteiger partial charge in [0, 0.05) is 31.1 Å². The van der Waals surface area contributed by atoms with Gasteiger partial charge >= 0.3 is 0 Å². The van der Waals surface area contributed by atoms with E-state index in [0.717, 1.165) is 43.4 Å². The van der Waals surface area contributed by atoms with Crippen LogP contribution in [0.1, 0.15) is 16.4 Å². The summed E-state index contributed by atoms with van der Waals surface area (Å²) in [6.07, 6.45) is 1.34. The predicted octanol–water partition coefficient (Wildman–Crippen LogP) is 1.38. The Morgan fingerprint density at radius 2 is 2.07 bits per heavy atom. The van der Waals surface area contributed by atoms with Crippen molar-refractivity contribution in [2.24, 2.45) is 0 Å². The smallest absolute Gasteiger partial charge is 0.273 e. The van der Waals surface area contributed by atoms with Gasteiger partial charge in [-0.25, -0.2) is 4.98 Å². The SMILES string of the molecule is O=C(NCCN1CCOCC1)c1coc(CN2C(=O)CSc3ccccc32)n1. The molecule has 1 aromatic carbocycles. The monoisotopic (exact) mass is 402 g/mol. The molecule has 0 bridgehead atoms. The molecule has 0 unspecified atom stereocenters. The van der Waals surface area contributed by atoms with Crippen LogP contribution >= 0.6 is 11.8 Å². The number of hydrogen-bond donors (Lipinski definition) is 1. The molecule has 1 N–H and O–H groups in total. The van der Waals surface area contributed by atoms with Crippen molar-refractivity contribution in [1.29, 1.82) is 0 Å². The number of hydrogen-bond acceptors (Lipinski definition) is 7. The third-order valence-electron chi connectivity index (χ3n) is 4.70. The maximum atomic E-state index is 12.3. The molecule has 0 saturated carbocycles. The topological polar surface area (TPSA) is 87.9 Å². The van der Waals surface area contributed by atoms with Crippen molar-refractivity contribution >= 4 is 29.3 Å². The molecule has 2 aromatic rings. The van der Waals surface area contributed by atoms with Crippen LogP contribution in [0, 0.1) is 0 Å². The van der Waals surface area contributed by atoms with E-state index >= 15 is 0 Å². The van der Waals surface area contributed by atoms with E-state index in [9.17, 15) is 9.59 Å². The maximum absolute atomic E-state index is 12.3. The molecule has 1 aromatic heterocycles. The van der Waals surface area contributed by atoms with Crippen LogP contribution in [0.4, 0.5) is 5.69 Å². The van der Waals surface area contributed by atoms with Gasteiger partial charge < -0.3 is 19.4 Å². The number of carbonyl (C=O) groups is 2. The molecule has 148 valence electrons. The summed E-state index contributed by atoms with van der Waals surface area (Å²) in [5, 5.41) is 2.86. The van der Waals surface area contributed by atoms with Crippen LogP contribution in [-0.4, -0.2) is 66.8 Å². The zero-order valence-electron chi connectivity index (χ0n) is 15.4. The minimum absolute atomic E-state index is 0.00147. The number of para-hydroxylation sites is 1. The Morgan fingerprint density at radius 1 is 1.25 bits per heavy atom. The molecular formula is C19H22N4O4S. The van der Waals surface area contributed by atoms with Gasteiger partial charge in [-0.3, -0.25) is 14.5 Å². The summed E-state index contributed by atoms with van der Waals surface area (Å²) in [5.41, 5.74) is 1.07. The van der Waals surface area contributed by atoms with Crippen molar-refractivity contribution in [2.75, 3.05) is 50.0 Å². The molecule has 8 nitrogen and oxygen atoms in total. The second-order valence-corrected chi connectivity index (χ2v) is 7.59. The number of thioether (sulfide) groups is 1. The number of ether oxygens (including phenoxy) is 1. The molecule has 1 fully saturated rings. The highest BCUT2D eigenvalue weighted by Gasteiger charge is 2.26. The summed E-state index contributed by atoms with van der Waals surface area (Å²) in [6.45, 7) is 4.75. The molecule has 4 rings (SSSR count). The fraction of sp³-hybridized carbons (Fsp3) is 0.421. The van der Waals surface area contributed by atoms with E-state index in [1.165, 1.54) is 18.0 Å². The van der Waals surface area contributed by atoms with Gasteiger partial charge in [0.05, 0.1) is 24.7 Å². The number of anilines is 1. The Labute approximate surface area is 167 Å². The maximum Gasteiger partial charge on any atom is 0.273 e. The molecule has 0 spiro atoms. The molecule has 2 amide bonds. The average molecular weight is 402 g/mol. The predicted molar refractivity (Wildman–Crippen MR) is 104 cm³/mol. The lowest BCUT2D eigenvalue weighted by molar-refractivity contribution is -0.116. The second kappa shape index (κ2) is 8.76. The largest absolute Gasteiger partial charge is 0.446 e. The average Bonchev–Trinajstić information content (AvgIpc) is 3.20. The number of aromatic nitrogens is 1. The highest BCUT2D eigenvalue weighted by molar-refractivity contribution is 8.00. The Morgan fingerprint density at radius 3 is 2.93 bits per heavy atom. The zero-order valence-corrected chi connectivity index (χ0v) is 16.2. The van der Waals surface area contributed by atoms with Gasteiger partial charge in [0.2, 0.25) is 11.8 Å². The number of nitrogens with one attached hydrogen (secondary N) is 1. The van der Waals surface area contributed by atoms with Crippen molar-refractivity contribution < 1.29 is 18.7 Å². The van der Waals surface area contributed by atoms with Gasteiger partial charge in [-0.05, 0) is 12.1 Å². The number of morpholine rings is 1. The minimum Gasteiger partial charge on any atom is -0.446 e. The van der Waals surface area contributed by atoms with Crippen LogP contribution < -0.4 is 10.2 Å². The second-order valence-electron chi connectivity index (χ2n) is 6.57. The Balaban J connectivity index is 1.34. The lowest BCUT2D eigenvalue weighted by Crippen LogP contribution is -2.41. The first-order valence-electron chi connectivity index (χ1n) is 9.25. The van der Waals surface area contributed by atoms with Crippen molar-refractivity contribution in [2.45, 2.75) is 11.4 Å². The summed E-state index contributed by atoms with van der Waals surface area (Å²) in [5.74, 6) is 0.447. The number of rotatable bonds is 6. The summed E-state index contributed by atoms with van der Waals surface area (Å²) < 4.78 is 10.8. The molecule has 0 atom stereocenters. The first-order valence-corrected chi connectivity index (χ1v) is 10.2. The molecule has 9 heteroatoms. The Hall–Kier alpha value is -2.36. The van der Waals surface area contributed by atoms with E-state index in [-0.39, 0.29) is 24.1 Å². The van der Waals surface area contributed by atoms with E-state index < -0.39 is 0 Å². The third kappa shape index (κ3) is 4.37. The fourth-order valence-electron chi connectivity index (χ4n) is 3.19. The number of nitrogens with zero attached hydrogens (tertiary/aromatic N) is 3. The zero-order chi connectivity index (χ0) is 19.3. The summed E-state index contributed by atoms with van der Waals surface area (Å²) >= 11 is 1.52. The molecule has 28 heavy (non-hydrogen) atoms. The number of benzene rings is 1. The standard InChI is InChI=1S/C19H22N4O4S/c24-18-13-28-16-4-2-1-3-15(16)23(18)11-17-21-14(12-27-17)19(25)20-5-6-22-7-9-26-10-8-22/h1-4,12H,5-11,13H2,(H,20,25). The number of amides is 2. The number of oxazole rings is 1. The molecular weight excluding hydrogens is 380 g/mol. The van der Waals surface area contributed by atoms with Crippen LogP contribution in [-0.2, 0) is 16.1 Å². The van der Waals surface area contributed by atoms with Crippen molar-refractivity contribution in [1.82, 2.24) is 15.2 Å². The first-order chi connectivity index (χ1) is 13.7. The number of carbonyl (C=O) groups excluding carboxylic acids is 2. The Kier molecular flexibility index (Phi) is 5.94. The lowest BCUT2D eigenvalue weighted by Gasteiger charge is -2.27. The molecule has 2 aliphatic rings. The highest BCUT2D eigenvalue weighted by atomic mass is 32.2. The van der Waals surface area contributed by atoms with Crippen LogP contribution in [0.3, 0.4) is 0 Å². The quantitative estimate of drug-likeness (QED) is 0.781. The third-order valence-corrected chi connectivity index (χ3v) is 5.75. The van der Waals surface area contributed by atoms with E-state index in [2.05, 4.69) is 15.2 Å². The molecule has 0 radical (unpaired) electrons. The van der Waals surface area contributed by atoms with Crippen LogP contribution in [0.2, 0.25) is 0 Å². The number of fused-ring (bicyclic) bond motifs is 1. The normalized spacial score (nSPS) is 17.4. The fourth-order valence-corrected chi connectivity index (χ4v) is 4.13. The molecule has 3 heterocycles. The van der Waals surface area contributed by atoms with Gasteiger partial charge in [0.15, 0.2) is 5.69 Å². The molecule has 2 aliphatic heterocycles. The van der Waals surface area contributed by atoms with Gasteiger partial charge in [0.25, 0.3) is 5.91 Å². The van der Waals surface area contributed by atoms with Crippen LogP contribution in [0.5, 0.6) is 0 Å². The lowest BCUT2D eigenvalue weighted by atomic mass is 10.2. The highest BCUT2D eigenvalue weighted by Crippen LogP contribution is 2.35. The van der Waals surface area contributed by atoms with E-state index in [1.807, 2.05) is 24.3 Å². The minimum atomic E-state index is -0.274. The van der Waals surface area contributed by atoms with Crippen LogP contribution in [0.25, 0.3) is 0 Å². The van der Waals surface area contributed by atoms with Crippen molar-refractivity contribution in [3.63, 3.8) is 0 Å². The Bertz CT molecular complexity index is 850. The van der Waals surface area contributed by atoms with Crippen molar-refractivity contribution in [3.8, 4) is 0 Å². The summed E-state index contributed by atoms with van der Waals surface area (Å²) in [6, 6.07) is 7.74. The van der Waals surface area contributed by atoms with E-state index in [4.69, 9.17) is 9.15 Å². The van der Waals surface area contributed by atoms with Crippen LogP contribution in [0.15, 0.2) is 39.8 Å². The molecule has 1 saturated heterocycles. The summed E-state index contributed by atoms with van der Waals surface area (Å²) in [7, 11) is 0. The van der Waals surface area contributed by atoms with Crippen molar-refractivity contribution in [3.05, 3.63) is 42.1 Å². The molecule has 0 aliphatic carbocycles. The van der Waals surface area contributed by atoms with Gasteiger partial charge in [-0.2, -0.15) is 0 Å². The van der Waals surface area contributed by atoms with Gasteiger partial charge in [-0.1, -0.05) is 12.1 Å². The van der Waals surface area contributed by atoms with Gasteiger partial charge in [0.1, 0.15) is 12.8 Å².